The highest BCUT2D eigenvalue weighted by atomic mass is 19.1. The van der Waals surface area contributed by atoms with Gasteiger partial charge < -0.3 is 10.7 Å². The Kier molecular flexibility index (Phi) is 4.90. The Morgan fingerprint density at radius 2 is 1.58 bits per heavy atom. The van der Waals surface area contributed by atoms with E-state index in [0.717, 1.165) is 31.7 Å². The van der Waals surface area contributed by atoms with E-state index >= 15 is 0 Å². The largest absolute Gasteiger partial charge is 0.365 e. The standard InChI is InChI=1S/C13H20F2N4/c14-10-8-11(15)13(19-16)18-12(10)17-9-6-4-2-1-3-5-7-9/h8-9H,1-7,16H2,(H2,17,18,19). The van der Waals surface area contributed by atoms with Gasteiger partial charge in [0.25, 0.3) is 0 Å². The number of hydrogen-bond donors (Lipinski definition) is 3. The Morgan fingerprint density at radius 1 is 1.00 bits per heavy atom. The highest BCUT2D eigenvalue weighted by Crippen LogP contribution is 2.23. The van der Waals surface area contributed by atoms with Gasteiger partial charge in [0.2, 0.25) is 0 Å². The van der Waals surface area contributed by atoms with E-state index in [1.807, 2.05) is 0 Å². The molecule has 6 heteroatoms. The van der Waals surface area contributed by atoms with Gasteiger partial charge in [0, 0.05) is 12.1 Å². The molecule has 0 spiro atoms. The summed E-state index contributed by atoms with van der Waals surface area (Å²) < 4.78 is 26.9. The number of hydrazine groups is 1. The van der Waals surface area contributed by atoms with Crippen LogP contribution in [0.25, 0.3) is 0 Å². The molecule has 1 aliphatic carbocycles. The SMILES string of the molecule is NNc1nc(NC2CCCCCCC2)c(F)cc1F. The molecule has 0 aromatic carbocycles. The molecule has 0 saturated heterocycles. The van der Waals surface area contributed by atoms with Crippen LogP contribution in [0.3, 0.4) is 0 Å². The third-order valence-electron chi connectivity index (χ3n) is 3.51. The fourth-order valence-electron chi connectivity index (χ4n) is 2.46. The van der Waals surface area contributed by atoms with Crippen molar-refractivity contribution in [2.45, 2.75) is 51.0 Å². The summed E-state index contributed by atoms with van der Waals surface area (Å²) in [6.07, 6.45) is 7.94. The van der Waals surface area contributed by atoms with E-state index < -0.39 is 11.6 Å². The average molecular weight is 270 g/mol. The fraction of sp³-hybridized carbons (Fsp3) is 0.615. The van der Waals surface area contributed by atoms with Gasteiger partial charge >= 0.3 is 0 Å². The minimum Gasteiger partial charge on any atom is -0.365 e. The summed E-state index contributed by atoms with van der Waals surface area (Å²) in [5.41, 5.74) is 2.13. The lowest BCUT2D eigenvalue weighted by Crippen LogP contribution is -2.23. The van der Waals surface area contributed by atoms with Crippen LogP contribution in [0.1, 0.15) is 44.9 Å². The summed E-state index contributed by atoms with van der Waals surface area (Å²) in [6, 6.07) is 0.992. The average Bonchev–Trinajstić information content (AvgIpc) is 2.35. The molecule has 0 radical (unpaired) electrons. The van der Waals surface area contributed by atoms with Gasteiger partial charge in [-0.05, 0) is 12.8 Å². The van der Waals surface area contributed by atoms with Gasteiger partial charge in [0.05, 0.1) is 0 Å². The lowest BCUT2D eigenvalue weighted by Gasteiger charge is -2.22. The third kappa shape index (κ3) is 3.76. The maximum absolute atomic E-state index is 13.7. The summed E-state index contributed by atoms with van der Waals surface area (Å²) in [5.74, 6) is 3.60. The number of rotatable bonds is 3. The smallest absolute Gasteiger partial charge is 0.178 e. The van der Waals surface area contributed by atoms with Gasteiger partial charge in [-0.1, -0.05) is 32.1 Å². The molecule has 19 heavy (non-hydrogen) atoms. The molecule has 1 aromatic heterocycles. The second kappa shape index (κ2) is 6.65. The summed E-state index contributed by atoms with van der Waals surface area (Å²) in [7, 11) is 0. The number of halogens is 2. The van der Waals surface area contributed by atoms with Crippen molar-refractivity contribution >= 4 is 11.6 Å². The van der Waals surface area contributed by atoms with E-state index in [9.17, 15) is 8.78 Å². The summed E-state index contributed by atoms with van der Waals surface area (Å²) in [6.45, 7) is 0. The maximum atomic E-state index is 13.7. The lowest BCUT2D eigenvalue weighted by atomic mass is 9.97. The highest BCUT2D eigenvalue weighted by Gasteiger charge is 2.16. The molecule has 0 atom stereocenters. The van der Waals surface area contributed by atoms with Crippen molar-refractivity contribution < 1.29 is 8.78 Å². The van der Waals surface area contributed by atoms with Gasteiger partial charge in [0.1, 0.15) is 0 Å². The van der Waals surface area contributed by atoms with Crippen LogP contribution in [0, 0.1) is 11.6 Å². The lowest BCUT2D eigenvalue weighted by molar-refractivity contribution is 0.468. The summed E-state index contributed by atoms with van der Waals surface area (Å²) in [4.78, 5) is 3.84. The predicted molar refractivity (Wildman–Crippen MR) is 71.7 cm³/mol. The predicted octanol–water partition coefficient (Wildman–Crippen LogP) is 3.17. The highest BCUT2D eigenvalue weighted by molar-refractivity contribution is 5.47. The minimum absolute atomic E-state index is 0.0694. The van der Waals surface area contributed by atoms with Crippen LogP contribution in [0.15, 0.2) is 6.07 Å². The molecule has 1 aromatic rings. The second-order valence-electron chi connectivity index (χ2n) is 4.98. The Balaban J connectivity index is 2.08. The van der Waals surface area contributed by atoms with Crippen molar-refractivity contribution in [3.05, 3.63) is 17.7 Å². The Hall–Kier alpha value is -1.43. The number of nitrogens with zero attached hydrogens (tertiary/aromatic N) is 1. The first-order valence-electron chi connectivity index (χ1n) is 6.80. The first kappa shape index (κ1) is 14.0. The van der Waals surface area contributed by atoms with Gasteiger partial charge in [-0.25, -0.2) is 19.6 Å². The molecule has 1 saturated carbocycles. The van der Waals surface area contributed by atoms with Crippen molar-refractivity contribution in [3.63, 3.8) is 0 Å². The number of hydrogen-bond acceptors (Lipinski definition) is 4. The molecule has 106 valence electrons. The Bertz CT molecular complexity index is 417. The van der Waals surface area contributed by atoms with Crippen molar-refractivity contribution in [2.24, 2.45) is 5.84 Å². The van der Waals surface area contributed by atoms with Crippen molar-refractivity contribution in [1.82, 2.24) is 4.98 Å². The van der Waals surface area contributed by atoms with E-state index in [0.29, 0.717) is 0 Å². The number of nitrogens with one attached hydrogen (secondary N) is 2. The monoisotopic (exact) mass is 270 g/mol. The van der Waals surface area contributed by atoms with E-state index in [2.05, 4.69) is 15.7 Å². The number of aromatic nitrogens is 1. The molecule has 0 unspecified atom stereocenters. The normalized spacial score (nSPS) is 17.6. The van der Waals surface area contributed by atoms with E-state index in [1.165, 1.54) is 19.3 Å². The zero-order valence-corrected chi connectivity index (χ0v) is 10.9. The van der Waals surface area contributed by atoms with Gasteiger partial charge in [0.15, 0.2) is 23.3 Å². The zero-order chi connectivity index (χ0) is 13.7. The van der Waals surface area contributed by atoms with E-state index in [1.54, 1.807) is 0 Å². The molecule has 2 rings (SSSR count). The zero-order valence-electron chi connectivity index (χ0n) is 10.9. The van der Waals surface area contributed by atoms with Crippen LogP contribution in [-0.2, 0) is 0 Å². The molecule has 1 fully saturated rings. The minimum atomic E-state index is -0.789. The topological polar surface area (TPSA) is 63.0 Å². The Labute approximate surface area is 111 Å². The molecule has 1 heterocycles. The van der Waals surface area contributed by atoms with Crippen LogP contribution in [0.5, 0.6) is 0 Å². The van der Waals surface area contributed by atoms with Gasteiger partial charge in [-0.2, -0.15) is 0 Å². The fourth-order valence-corrected chi connectivity index (χ4v) is 2.46. The molecular weight excluding hydrogens is 250 g/mol. The quantitative estimate of drug-likeness (QED) is 0.583. The van der Waals surface area contributed by atoms with E-state index in [-0.39, 0.29) is 17.7 Å². The second-order valence-corrected chi connectivity index (χ2v) is 4.98. The van der Waals surface area contributed by atoms with Crippen molar-refractivity contribution in [1.29, 1.82) is 0 Å². The van der Waals surface area contributed by atoms with Crippen LogP contribution in [-0.4, -0.2) is 11.0 Å². The van der Waals surface area contributed by atoms with Crippen LogP contribution in [0.2, 0.25) is 0 Å². The summed E-state index contributed by atoms with van der Waals surface area (Å²) >= 11 is 0. The van der Waals surface area contributed by atoms with Crippen LogP contribution >= 0.6 is 0 Å². The van der Waals surface area contributed by atoms with Crippen molar-refractivity contribution in [2.75, 3.05) is 10.7 Å². The van der Waals surface area contributed by atoms with Crippen molar-refractivity contribution in [3.8, 4) is 0 Å². The van der Waals surface area contributed by atoms with Crippen LogP contribution in [0.4, 0.5) is 20.4 Å². The van der Waals surface area contributed by atoms with Crippen LogP contribution < -0.4 is 16.6 Å². The third-order valence-corrected chi connectivity index (χ3v) is 3.51. The molecule has 1 aliphatic rings. The maximum Gasteiger partial charge on any atom is 0.178 e. The number of pyridine rings is 1. The number of nitrogens with two attached hydrogens (primary N) is 1. The number of nitrogen functional groups attached to an aromatic ring is 1. The molecule has 0 amide bonds. The first-order valence-corrected chi connectivity index (χ1v) is 6.80. The van der Waals surface area contributed by atoms with Gasteiger partial charge in [-0.3, -0.25) is 0 Å². The molecule has 0 bridgehead atoms. The molecular formula is C13H20F2N4. The summed E-state index contributed by atoms with van der Waals surface area (Å²) in [5, 5.41) is 3.07. The first-order chi connectivity index (χ1) is 9.20. The van der Waals surface area contributed by atoms with Gasteiger partial charge in [-0.15, -0.1) is 0 Å². The molecule has 4 N–H and O–H groups in total. The molecule has 0 aliphatic heterocycles. The molecule has 4 nitrogen and oxygen atoms in total. The number of anilines is 2. The Morgan fingerprint density at radius 3 is 2.21 bits per heavy atom. The van der Waals surface area contributed by atoms with E-state index in [4.69, 9.17) is 5.84 Å².